The minimum Gasteiger partial charge on any atom is -0.497 e. The number of nitrogens with zero attached hydrogens (tertiary/aromatic N) is 1. The first-order chi connectivity index (χ1) is 13.2. The molecule has 0 aliphatic heterocycles. The van der Waals surface area contributed by atoms with Crippen LogP contribution in [0.4, 0.5) is 0 Å². The van der Waals surface area contributed by atoms with E-state index >= 15 is 0 Å². The van der Waals surface area contributed by atoms with Gasteiger partial charge in [0, 0.05) is 12.6 Å². The average molecular weight is 448 g/mol. The van der Waals surface area contributed by atoms with Crippen LogP contribution in [-0.4, -0.2) is 46.6 Å². The molecule has 10 heteroatoms. The number of benzene rings is 2. The Morgan fingerprint density at radius 1 is 1.00 bits per heavy atom. The molecule has 2 aromatic rings. The fourth-order valence-electron chi connectivity index (χ4n) is 2.45. The van der Waals surface area contributed by atoms with E-state index in [1.165, 1.54) is 39.5 Å². The minimum absolute atomic E-state index is 0.0504. The van der Waals surface area contributed by atoms with E-state index in [2.05, 4.69) is 4.74 Å². The molecule has 0 aromatic heterocycles. The van der Waals surface area contributed by atoms with Crippen molar-refractivity contribution in [3.05, 3.63) is 52.0 Å². The van der Waals surface area contributed by atoms with Crippen molar-refractivity contribution in [3.8, 4) is 11.5 Å². The van der Waals surface area contributed by atoms with Gasteiger partial charge in [0.2, 0.25) is 10.0 Å². The number of halogens is 2. The third kappa shape index (κ3) is 5.08. The van der Waals surface area contributed by atoms with Gasteiger partial charge in [-0.3, -0.25) is 4.79 Å². The second-order valence-electron chi connectivity index (χ2n) is 5.62. The summed E-state index contributed by atoms with van der Waals surface area (Å²) < 4.78 is 42.4. The number of rotatable bonds is 8. The summed E-state index contributed by atoms with van der Waals surface area (Å²) in [6.07, 6.45) is 0. The second-order valence-corrected chi connectivity index (χ2v) is 8.31. The quantitative estimate of drug-likeness (QED) is 0.576. The maximum Gasteiger partial charge on any atom is 0.321 e. The third-order valence-electron chi connectivity index (χ3n) is 3.82. The van der Waals surface area contributed by atoms with Crippen LogP contribution in [0.3, 0.4) is 0 Å². The molecule has 0 spiro atoms. The molecule has 0 unspecified atom stereocenters. The first-order valence-corrected chi connectivity index (χ1v) is 10.2. The lowest BCUT2D eigenvalue weighted by atomic mass is 10.2. The molecular weight excluding hydrogens is 429 g/mol. The van der Waals surface area contributed by atoms with E-state index in [4.69, 9.17) is 32.7 Å². The number of hydrogen-bond donors (Lipinski definition) is 0. The highest BCUT2D eigenvalue weighted by Gasteiger charge is 2.31. The molecule has 0 saturated heterocycles. The fourth-order valence-corrected chi connectivity index (χ4v) is 4.92. The van der Waals surface area contributed by atoms with Crippen molar-refractivity contribution in [1.82, 2.24) is 4.31 Å². The Kier molecular flexibility index (Phi) is 7.54. The lowest BCUT2D eigenvalue weighted by Gasteiger charge is -2.23. The highest BCUT2D eigenvalue weighted by atomic mass is 35.5. The lowest BCUT2D eigenvalue weighted by Crippen LogP contribution is -2.36. The van der Waals surface area contributed by atoms with Gasteiger partial charge in [-0.25, -0.2) is 8.42 Å². The van der Waals surface area contributed by atoms with Crippen molar-refractivity contribution in [2.75, 3.05) is 27.9 Å². The van der Waals surface area contributed by atoms with E-state index in [-0.39, 0.29) is 21.5 Å². The predicted octanol–water partition coefficient (Wildman–Crippen LogP) is 3.37. The van der Waals surface area contributed by atoms with Crippen LogP contribution in [0.5, 0.6) is 11.5 Å². The van der Waals surface area contributed by atoms with Crippen molar-refractivity contribution >= 4 is 39.2 Å². The van der Waals surface area contributed by atoms with Gasteiger partial charge in [-0.2, -0.15) is 4.31 Å². The lowest BCUT2D eigenvalue weighted by molar-refractivity contribution is -0.140. The zero-order valence-corrected chi connectivity index (χ0v) is 17.8. The average Bonchev–Trinajstić information content (AvgIpc) is 2.66. The standard InChI is InChI=1S/C18H19Cl2NO6S/c1-25-13-7-12(8-14(9-13)26-2)10-21(11-17(22)27-3)28(23,24)18-15(19)5-4-6-16(18)20/h4-9H,10-11H2,1-3H3. The fraction of sp³-hybridized carbons (Fsp3) is 0.278. The summed E-state index contributed by atoms with van der Waals surface area (Å²) in [5.74, 6) is 0.211. The van der Waals surface area contributed by atoms with Crippen LogP contribution >= 0.6 is 23.2 Å². The minimum atomic E-state index is -4.22. The summed E-state index contributed by atoms with van der Waals surface area (Å²) in [5, 5.41) is -0.101. The van der Waals surface area contributed by atoms with Gasteiger partial charge in [0.25, 0.3) is 0 Å². The SMILES string of the molecule is COC(=O)CN(Cc1cc(OC)cc(OC)c1)S(=O)(=O)c1c(Cl)cccc1Cl. The number of carbonyl (C=O) groups is 1. The molecule has 0 bridgehead atoms. The Morgan fingerprint density at radius 3 is 2.00 bits per heavy atom. The highest BCUT2D eigenvalue weighted by molar-refractivity contribution is 7.89. The van der Waals surface area contributed by atoms with Crippen molar-refractivity contribution in [2.24, 2.45) is 0 Å². The van der Waals surface area contributed by atoms with Gasteiger partial charge in [0.15, 0.2) is 0 Å². The van der Waals surface area contributed by atoms with Crippen molar-refractivity contribution in [1.29, 1.82) is 0 Å². The number of esters is 1. The van der Waals surface area contributed by atoms with E-state index in [0.717, 1.165) is 4.31 Å². The Morgan fingerprint density at radius 2 is 1.54 bits per heavy atom. The number of hydrogen-bond acceptors (Lipinski definition) is 6. The smallest absolute Gasteiger partial charge is 0.321 e. The van der Waals surface area contributed by atoms with Gasteiger partial charge in [0.05, 0.1) is 31.4 Å². The molecule has 0 N–H and O–H groups in total. The maximum absolute atomic E-state index is 13.2. The first-order valence-electron chi connectivity index (χ1n) is 7.95. The Labute approximate surface area is 173 Å². The van der Waals surface area contributed by atoms with Crippen LogP contribution in [0.2, 0.25) is 10.0 Å². The summed E-state index contributed by atoms with van der Waals surface area (Å²) in [4.78, 5) is 11.6. The number of carbonyl (C=O) groups excluding carboxylic acids is 1. The van der Waals surface area contributed by atoms with Gasteiger partial charge in [0.1, 0.15) is 22.9 Å². The zero-order valence-electron chi connectivity index (χ0n) is 15.4. The van der Waals surface area contributed by atoms with Gasteiger partial charge in [-0.1, -0.05) is 29.3 Å². The molecule has 0 heterocycles. The van der Waals surface area contributed by atoms with E-state index in [9.17, 15) is 13.2 Å². The molecule has 152 valence electrons. The topological polar surface area (TPSA) is 82.1 Å². The van der Waals surface area contributed by atoms with Crippen LogP contribution in [-0.2, 0) is 26.1 Å². The summed E-state index contributed by atoms with van der Waals surface area (Å²) >= 11 is 12.2. The Hall–Kier alpha value is -2.00. The number of sulfonamides is 1. The van der Waals surface area contributed by atoms with Crippen LogP contribution in [0.1, 0.15) is 5.56 Å². The molecule has 0 aliphatic rings. The maximum atomic E-state index is 13.2. The van der Waals surface area contributed by atoms with Gasteiger partial charge in [-0.15, -0.1) is 0 Å². The van der Waals surface area contributed by atoms with Gasteiger partial charge in [-0.05, 0) is 29.8 Å². The van der Waals surface area contributed by atoms with Crippen molar-refractivity contribution in [2.45, 2.75) is 11.4 Å². The van der Waals surface area contributed by atoms with E-state index in [1.807, 2.05) is 0 Å². The van der Waals surface area contributed by atoms with Crippen LogP contribution in [0.25, 0.3) is 0 Å². The predicted molar refractivity (Wildman–Crippen MR) is 106 cm³/mol. The molecular formula is C18H19Cl2NO6S. The van der Waals surface area contributed by atoms with E-state index in [0.29, 0.717) is 17.1 Å². The molecule has 7 nitrogen and oxygen atoms in total. The largest absolute Gasteiger partial charge is 0.497 e. The molecule has 0 saturated carbocycles. The molecule has 0 atom stereocenters. The first kappa shape index (κ1) is 22.3. The van der Waals surface area contributed by atoms with Gasteiger partial charge < -0.3 is 14.2 Å². The highest BCUT2D eigenvalue weighted by Crippen LogP contribution is 2.33. The monoisotopic (exact) mass is 447 g/mol. The van der Waals surface area contributed by atoms with Crippen LogP contribution in [0.15, 0.2) is 41.3 Å². The van der Waals surface area contributed by atoms with Crippen molar-refractivity contribution in [3.63, 3.8) is 0 Å². The molecule has 2 rings (SSSR count). The van der Waals surface area contributed by atoms with Crippen molar-refractivity contribution < 1.29 is 27.4 Å². The summed E-state index contributed by atoms with van der Waals surface area (Å²) in [7, 11) is -0.0927. The molecule has 0 aliphatic carbocycles. The normalized spacial score (nSPS) is 11.4. The van der Waals surface area contributed by atoms with Crippen LogP contribution in [0, 0.1) is 0 Å². The van der Waals surface area contributed by atoms with Crippen LogP contribution < -0.4 is 9.47 Å². The molecule has 0 amide bonds. The molecule has 0 fully saturated rings. The second kappa shape index (κ2) is 9.47. The zero-order chi connectivity index (χ0) is 20.9. The van der Waals surface area contributed by atoms with Gasteiger partial charge >= 0.3 is 5.97 Å². The number of methoxy groups -OCH3 is 3. The summed E-state index contributed by atoms with van der Waals surface area (Å²) in [6.45, 7) is -0.688. The van der Waals surface area contributed by atoms with E-state index < -0.39 is 22.5 Å². The Bertz CT molecular complexity index is 922. The number of ether oxygens (including phenoxy) is 3. The molecule has 28 heavy (non-hydrogen) atoms. The summed E-state index contributed by atoms with van der Waals surface area (Å²) in [6, 6.07) is 9.26. The molecule has 0 radical (unpaired) electrons. The molecule has 2 aromatic carbocycles. The summed E-state index contributed by atoms with van der Waals surface area (Å²) in [5.41, 5.74) is 0.534. The van der Waals surface area contributed by atoms with E-state index in [1.54, 1.807) is 18.2 Å². The Balaban J connectivity index is 2.52. The third-order valence-corrected chi connectivity index (χ3v) is 6.57.